The molecule has 2 N–H and O–H groups in total. The number of anilines is 1. The minimum atomic E-state index is -4.58. The number of rotatable bonds is 3. The Labute approximate surface area is 201 Å². The number of amides is 2. The highest BCUT2D eigenvalue weighted by atomic mass is 19.4. The standard InChI is InChI=1S/C23H17F3N6O4/c24-23(25,26)14-8-15(10-27-9-14)30-21(33)32-6-3-13-7-16(1-2-19(13)32)36-20-17-4-5-31(22(34)35)11-18(17)28-12-29-20/h1-3,6-10,12H,4-5,11H2,(H,30,33)(H,34,35). The van der Waals surface area contributed by atoms with Gasteiger partial charge in [-0.05, 0) is 36.8 Å². The topological polar surface area (TPSA) is 122 Å². The first-order valence-corrected chi connectivity index (χ1v) is 10.6. The lowest BCUT2D eigenvalue weighted by Crippen LogP contribution is -2.35. The maximum absolute atomic E-state index is 12.9. The molecule has 0 saturated heterocycles. The maximum Gasteiger partial charge on any atom is 0.417 e. The fourth-order valence-electron chi connectivity index (χ4n) is 3.90. The summed E-state index contributed by atoms with van der Waals surface area (Å²) in [4.78, 5) is 37.1. The maximum atomic E-state index is 12.9. The van der Waals surface area contributed by atoms with Crippen molar-refractivity contribution < 1.29 is 32.6 Å². The highest BCUT2D eigenvalue weighted by Gasteiger charge is 2.31. The lowest BCUT2D eigenvalue weighted by molar-refractivity contribution is -0.137. The van der Waals surface area contributed by atoms with Gasteiger partial charge in [-0.3, -0.25) is 9.55 Å². The summed E-state index contributed by atoms with van der Waals surface area (Å²) in [5.74, 6) is 0.753. The minimum absolute atomic E-state index is 0.0911. The van der Waals surface area contributed by atoms with Crippen LogP contribution < -0.4 is 10.1 Å². The fourth-order valence-corrected chi connectivity index (χ4v) is 3.90. The molecule has 0 bridgehead atoms. The zero-order valence-corrected chi connectivity index (χ0v) is 18.4. The van der Waals surface area contributed by atoms with Crippen LogP contribution in [0, 0.1) is 0 Å². The van der Waals surface area contributed by atoms with E-state index in [-0.39, 0.29) is 12.2 Å². The molecule has 2 amide bonds. The molecule has 184 valence electrons. The third kappa shape index (κ3) is 4.50. The third-order valence-corrected chi connectivity index (χ3v) is 5.65. The van der Waals surface area contributed by atoms with Crippen LogP contribution in [-0.2, 0) is 19.1 Å². The first-order chi connectivity index (χ1) is 17.2. The lowest BCUT2D eigenvalue weighted by atomic mass is 10.1. The van der Waals surface area contributed by atoms with Crippen LogP contribution >= 0.6 is 0 Å². The molecule has 0 unspecified atom stereocenters. The van der Waals surface area contributed by atoms with E-state index in [9.17, 15) is 27.9 Å². The van der Waals surface area contributed by atoms with Gasteiger partial charge in [-0.2, -0.15) is 13.2 Å². The molecule has 0 fully saturated rings. The van der Waals surface area contributed by atoms with Crippen LogP contribution in [0.25, 0.3) is 10.9 Å². The Morgan fingerprint density at radius 1 is 1.11 bits per heavy atom. The molecule has 0 spiro atoms. The van der Waals surface area contributed by atoms with Crippen molar-refractivity contribution in [2.24, 2.45) is 0 Å². The molecule has 0 saturated carbocycles. The summed E-state index contributed by atoms with van der Waals surface area (Å²) in [5.41, 5.74) is 0.735. The predicted octanol–water partition coefficient (Wildman–Crippen LogP) is 4.75. The summed E-state index contributed by atoms with van der Waals surface area (Å²) in [6.07, 6.45) is -0.601. The van der Waals surface area contributed by atoms with E-state index >= 15 is 0 Å². The van der Waals surface area contributed by atoms with Gasteiger partial charge in [0.2, 0.25) is 5.88 Å². The van der Waals surface area contributed by atoms with Crippen molar-refractivity contribution in [3.05, 3.63) is 72.1 Å². The van der Waals surface area contributed by atoms with E-state index in [2.05, 4.69) is 20.3 Å². The van der Waals surface area contributed by atoms with Gasteiger partial charge < -0.3 is 20.1 Å². The molecule has 0 radical (unpaired) electrons. The number of halogens is 3. The molecule has 1 aromatic carbocycles. The van der Waals surface area contributed by atoms with E-state index in [4.69, 9.17) is 4.74 Å². The monoisotopic (exact) mass is 498 g/mol. The van der Waals surface area contributed by atoms with Gasteiger partial charge in [-0.15, -0.1) is 0 Å². The summed E-state index contributed by atoms with van der Waals surface area (Å²) >= 11 is 0. The van der Waals surface area contributed by atoms with E-state index in [0.29, 0.717) is 47.4 Å². The van der Waals surface area contributed by atoms with Gasteiger partial charge in [-0.1, -0.05) is 0 Å². The molecule has 0 atom stereocenters. The molecule has 4 aromatic rings. The molecule has 0 aliphatic carbocycles. The number of carbonyl (C=O) groups is 2. The van der Waals surface area contributed by atoms with Gasteiger partial charge in [0.25, 0.3) is 0 Å². The number of hydrogen-bond acceptors (Lipinski definition) is 6. The van der Waals surface area contributed by atoms with Crippen LogP contribution in [0.1, 0.15) is 16.8 Å². The lowest BCUT2D eigenvalue weighted by Gasteiger charge is -2.26. The number of benzene rings is 1. The van der Waals surface area contributed by atoms with Crippen molar-refractivity contribution in [2.75, 3.05) is 11.9 Å². The van der Waals surface area contributed by atoms with Crippen LogP contribution in [-0.4, -0.2) is 48.2 Å². The quantitative estimate of drug-likeness (QED) is 0.418. The van der Waals surface area contributed by atoms with Gasteiger partial charge in [0.15, 0.2) is 0 Å². The number of ether oxygens (including phenoxy) is 1. The van der Waals surface area contributed by atoms with E-state index < -0.39 is 23.9 Å². The van der Waals surface area contributed by atoms with Gasteiger partial charge in [0, 0.05) is 29.9 Å². The summed E-state index contributed by atoms with van der Waals surface area (Å²) in [6, 6.07) is 6.75. The summed E-state index contributed by atoms with van der Waals surface area (Å²) in [6.45, 7) is 0.437. The number of nitrogens with one attached hydrogen (secondary N) is 1. The van der Waals surface area contributed by atoms with Gasteiger partial charge in [0.05, 0.1) is 35.2 Å². The largest absolute Gasteiger partial charge is 0.465 e. The molecule has 4 heterocycles. The van der Waals surface area contributed by atoms with Crippen LogP contribution in [0.5, 0.6) is 11.6 Å². The van der Waals surface area contributed by atoms with Gasteiger partial charge in [-0.25, -0.2) is 19.6 Å². The van der Waals surface area contributed by atoms with Crippen molar-refractivity contribution >= 4 is 28.7 Å². The van der Waals surface area contributed by atoms with Crippen molar-refractivity contribution in [1.29, 1.82) is 0 Å². The second kappa shape index (κ2) is 8.83. The molecule has 1 aliphatic rings. The highest BCUT2D eigenvalue weighted by Crippen LogP contribution is 2.32. The number of nitrogens with zero attached hydrogens (tertiary/aromatic N) is 5. The SMILES string of the molecule is O=C(O)N1CCc2c(ncnc2Oc2ccc3c(ccn3C(=O)Nc3cncc(C(F)(F)F)c3)c2)C1. The number of aromatic nitrogens is 4. The van der Waals surface area contributed by atoms with Crippen molar-refractivity contribution in [3.63, 3.8) is 0 Å². The van der Waals surface area contributed by atoms with E-state index in [1.807, 2.05) is 0 Å². The second-order valence-corrected chi connectivity index (χ2v) is 7.96. The Kier molecular flexibility index (Phi) is 5.66. The molecule has 1 aliphatic heterocycles. The van der Waals surface area contributed by atoms with Crippen LogP contribution in [0.4, 0.5) is 28.4 Å². The van der Waals surface area contributed by atoms with Crippen molar-refractivity contribution in [2.45, 2.75) is 19.1 Å². The number of pyridine rings is 1. The number of hydrogen-bond donors (Lipinski definition) is 2. The Hall–Kier alpha value is -4.68. The first-order valence-electron chi connectivity index (χ1n) is 10.6. The minimum Gasteiger partial charge on any atom is -0.465 e. The Morgan fingerprint density at radius 3 is 2.72 bits per heavy atom. The third-order valence-electron chi connectivity index (χ3n) is 5.65. The molecule has 5 rings (SSSR count). The Bertz CT molecular complexity index is 1490. The number of carbonyl (C=O) groups excluding carboxylic acids is 1. The van der Waals surface area contributed by atoms with E-state index in [0.717, 1.165) is 17.8 Å². The van der Waals surface area contributed by atoms with Crippen molar-refractivity contribution in [1.82, 2.24) is 24.4 Å². The Morgan fingerprint density at radius 2 is 1.94 bits per heavy atom. The van der Waals surface area contributed by atoms with E-state index in [1.54, 1.807) is 24.3 Å². The number of carboxylic acid groups (broad SMARTS) is 1. The molecular weight excluding hydrogens is 481 g/mol. The van der Waals surface area contributed by atoms with Gasteiger partial charge in [0.1, 0.15) is 12.1 Å². The molecule has 36 heavy (non-hydrogen) atoms. The molecular formula is C23H17F3N6O4. The van der Waals surface area contributed by atoms with Gasteiger partial charge >= 0.3 is 18.3 Å². The smallest absolute Gasteiger partial charge is 0.417 e. The van der Waals surface area contributed by atoms with Crippen LogP contribution in [0.3, 0.4) is 0 Å². The zero-order valence-electron chi connectivity index (χ0n) is 18.4. The Balaban J connectivity index is 1.35. The summed E-state index contributed by atoms with van der Waals surface area (Å²) < 4.78 is 46.0. The van der Waals surface area contributed by atoms with Crippen LogP contribution in [0.15, 0.2) is 55.2 Å². The van der Waals surface area contributed by atoms with Crippen molar-refractivity contribution in [3.8, 4) is 11.6 Å². The highest BCUT2D eigenvalue weighted by molar-refractivity contribution is 5.98. The molecule has 13 heteroatoms. The zero-order chi connectivity index (χ0) is 25.4. The summed E-state index contributed by atoms with van der Waals surface area (Å²) in [7, 11) is 0. The average molecular weight is 498 g/mol. The molecule has 3 aromatic heterocycles. The summed E-state index contributed by atoms with van der Waals surface area (Å²) in [5, 5.41) is 12.3. The fraction of sp³-hybridized carbons (Fsp3) is 0.174. The molecule has 10 nitrogen and oxygen atoms in total. The second-order valence-electron chi connectivity index (χ2n) is 7.96. The number of fused-ring (bicyclic) bond motifs is 2. The van der Waals surface area contributed by atoms with Crippen LogP contribution in [0.2, 0.25) is 0 Å². The van der Waals surface area contributed by atoms with E-state index in [1.165, 1.54) is 22.0 Å². The average Bonchev–Trinajstić information content (AvgIpc) is 3.27. The predicted molar refractivity (Wildman–Crippen MR) is 120 cm³/mol. The normalized spacial score (nSPS) is 13.4. The first kappa shape index (κ1) is 23.1. The number of alkyl halides is 3.